The first-order chi connectivity index (χ1) is 8.44. The van der Waals surface area contributed by atoms with E-state index in [0.29, 0.717) is 0 Å². The Kier molecular flexibility index (Phi) is 3.13. The summed E-state index contributed by atoms with van der Waals surface area (Å²) in [6.45, 7) is 5.86. The quantitative estimate of drug-likeness (QED) is 0.726. The van der Waals surface area contributed by atoms with E-state index in [2.05, 4.69) is 10.3 Å². The van der Waals surface area contributed by atoms with Crippen LogP contribution in [-0.2, 0) is 0 Å². The monoisotopic (exact) mass is 245 g/mol. The first-order valence-electron chi connectivity index (χ1n) is 5.97. The zero-order chi connectivity index (χ0) is 13.3. The van der Waals surface area contributed by atoms with Crippen LogP contribution >= 0.6 is 0 Å². The van der Waals surface area contributed by atoms with Crippen LogP contribution in [-0.4, -0.2) is 22.2 Å². The number of benzene rings is 1. The second-order valence-electron chi connectivity index (χ2n) is 5.22. The summed E-state index contributed by atoms with van der Waals surface area (Å²) in [7, 11) is 0. The van der Waals surface area contributed by atoms with Crippen LogP contribution in [0.25, 0.3) is 10.8 Å². The van der Waals surface area contributed by atoms with E-state index in [1.165, 1.54) is 0 Å². The fourth-order valence-corrected chi connectivity index (χ4v) is 1.85. The van der Waals surface area contributed by atoms with Crippen molar-refractivity contribution in [2.24, 2.45) is 0 Å². The lowest BCUT2D eigenvalue weighted by atomic mass is 10.0. The molecular weight excluding hydrogens is 226 g/mol. The molecule has 4 N–H and O–H groups in total. The third kappa shape index (κ3) is 2.24. The summed E-state index contributed by atoms with van der Waals surface area (Å²) in [5.74, 6) is 0.748. The van der Waals surface area contributed by atoms with Crippen molar-refractivity contribution in [2.45, 2.75) is 26.3 Å². The van der Waals surface area contributed by atoms with E-state index in [1.807, 2.05) is 39.0 Å². The Hall–Kier alpha value is -1.81. The standard InChI is InChI=1S/C14H19N3O/c1-9-4-5-11-10(12(9)15)6-7-16-13(11)17-14(2,3)8-18/h4-7,18H,8,15H2,1-3H3,(H,16,17). The number of hydrogen-bond donors (Lipinski definition) is 3. The second-order valence-corrected chi connectivity index (χ2v) is 5.22. The molecule has 2 rings (SSSR count). The molecule has 0 saturated heterocycles. The highest BCUT2D eigenvalue weighted by atomic mass is 16.3. The summed E-state index contributed by atoms with van der Waals surface area (Å²) in [4.78, 5) is 4.33. The first-order valence-corrected chi connectivity index (χ1v) is 5.97. The molecule has 4 heteroatoms. The lowest BCUT2D eigenvalue weighted by Crippen LogP contribution is -2.35. The van der Waals surface area contributed by atoms with E-state index in [9.17, 15) is 5.11 Å². The second kappa shape index (κ2) is 4.46. The van der Waals surface area contributed by atoms with E-state index >= 15 is 0 Å². The van der Waals surface area contributed by atoms with Gasteiger partial charge in [0.05, 0.1) is 12.1 Å². The van der Waals surface area contributed by atoms with Crippen molar-refractivity contribution >= 4 is 22.3 Å². The van der Waals surface area contributed by atoms with E-state index in [1.54, 1.807) is 6.20 Å². The maximum atomic E-state index is 9.31. The number of pyridine rings is 1. The molecule has 1 heterocycles. The van der Waals surface area contributed by atoms with Gasteiger partial charge in [0.2, 0.25) is 0 Å². The Bertz CT molecular complexity index is 579. The molecule has 18 heavy (non-hydrogen) atoms. The van der Waals surface area contributed by atoms with Gasteiger partial charge in [-0.05, 0) is 32.4 Å². The van der Waals surface area contributed by atoms with Gasteiger partial charge in [-0.1, -0.05) is 12.1 Å². The number of aliphatic hydroxyl groups excluding tert-OH is 1. The summed E-state index contributed by atoms with van der Waals surface area (Å²) < 4.78 is 0. The molecular formula is C14H19N3O. The molecule has 96 valence electrons. The third-order valence-electron chi connectivity index (χ3n) is 3.06. The molecule has 4 nitrogen and oxygen atoms in total. The number of nitrogens with zero attached hydrogens (tertiary/aromatic N) is 1. The zero-order valence-corrected chi connectivity index (χ0v) is 11.0. The van der Waals surface area contributed by atoms with Crippen LogP contribution in [0.4, 0.5) is 11.5 Å². The highest BCUT2D eigenvalue weighted by molar-refractivity contribution is 6.00. The number of nitrogens with one attached hydrogen (secondary N) is 1. The zero-order valence-electron chi connectivity index (χ0n) is 11.0. The maximum absolute atomic E-state index is 9.31. The van der Waals surface area contributed by atoms with Gasteiger partial charge < -0.3 is 16.2 Å². The largest absolute Gasteiger partial charge is 0.398 e. The summed E-state index contributed by atoms with van der Waals surface area (Å²) in [6.07, 6.45) is 1.73. The van der Waals surface area contributed by atoms with Gasteiger partial charge >= 0.3 is 0 Å². The van der Waals surface area contributed by atoms with Crippen LogP contribution in [0, 0.1) is 6.92 Å². The van der Waals surface area contributed by atoms with Gasteiger partial charge in [-0.2, -0.15) is 0 Å². The van der Waals surface area contributed by atoms with E-state index < -0.39 is 5.54 Å². The molecule has 0 bridgehead atoms. The Labute approximate surface area is 107 Å². The molecule has 0 aliphatic carbocycles. The van der Waals surface area contributed by atoms with Gasteiger partial charge in [-0.15, -0.1) is 0 Å². The highest BCUT2D eigenvalue weighted by Gasteiger charge is 2.18. The fraction of sp³-hybridized carbons (Fsp3) is 0.357. The SMILES string of the molecule is Cc1ccc2c(NC(C)(C)CO)nccc2c1N. The van der Waals surface area contributed by atoms with Crippen LogP contribution in [0.5, 0.6) is 0 Å². The van der Waals surface area contributed by atoms with Gasteiger partial charge in [0.15, 0.2) is 0 Å². The molecule has 1 aromatic carbocycles. The van der Waals surface area contributed by atoms with Crippen molar-refractivity contribution in [3.63, 3.8) is 0 Å². The van der Waals surface area contributed by atoms with Crippen LogP contribution in [0.2, 0.25) is 0 Å². The average molecular weight is 245 g/mol. The fourth-order valence-electron chi connectivity index (χ4n) is 1.85. The Balaban J connectivity index is 2.56. The average Bonchev–Trinajstić information content (AvgIpc) is 2.34. The number of hydrogen-bond acceptors (Lipinski definition) is 4. The van der Waals surface area contributed by atoms with Crippen LogP contribution in [0.3, 0.4) is 0 Å². The molecule has 0 atom stereocenters. The number of rotatable bonds is 3. The summed E-state index contributed by atoms with van der Waals surface area (Å²) >= 11 is 0. The topological polar surface area (TPSA) is 71.2 Å². The minimum absolute atomic E-state index is 0.0341. The lowest BCUT2D eigenvalue weighted by Gasteiger charge is -2.25. The van der Waals surface area contributed by atoms with E-state index in [4.69, 9.17) is 5.73 Å². The number of aliphatic hydroxyl groups is 1. The van der Waals surface area contributed by atoms with Crippen molar-refractivity contribution in [2.75, 3.05) is 17.7 Å². The van der Waals surface area contributed by atoms with Crippen molar-refractivity contribution < 1.29 is 5.11 Å². The Morgan fingerprint density at radius 3 is 2.67 bits per heavy atom. The number of nitrogen functional groups attached to an aromatic ring is 1. The predicted octanol–water partition coefficient (Wildman–Crippen LogP) is 2.31. The van der Waals surface area contributed by atoms with Gasteiger partial charge in [0.1, 0.15) is 5.82 Å². The van der Waals surface area contributed by atoms with Gasteiger partial charge in [-0.25, -0.2) is 4.98 Å². The normalized spacial score (nSPS) is 11.8. The summed E-state index contributed by atoms with van der Waals surface area (Å²) in [5.41, 5.74) is 7.50. The predicted molar refractivity (Wildman–Crippen MR) is 75.7 cm³/mol. The molecule has 0 amide bonds. The van der Waals surface area contributed by atoms with Crippen LogP contribution in [0.1, 0.15) is 19.4 Å². The molecule has 2 aromatic rings. The van der Waals surface area contributed by atoms with Crippen molar-refractivity contribution in [1.29, 1.82) is 0 Å². The molecule has 0 aliphatic heterocycles. The van der Waals surface area contributed by atoms with Crippen LogP contribution in [0.15, 0.2) is 24.4 Å². The van der Waals surface area contributed by atoms with Crippen LogP contribution < -0.4 is 11.1 Å². The number of aromatic nitrogens is 1. The minimum atomic E-state index is -0.416. The molecule has 0 aliphatic rings. The summed E-state index contributed by atoms with van der Waals surface area (Å²) in [5, 5.41) is 14.5. The summed E-state index contributed by atoms with van der Waals surface area (Å²) in [6, 6.07) is 5.90. The number of anilines is 2. The highest BCUT2D eigenvalue weighted by Crippen LogP contribution is 2.29. The van der Waals surface area contributed by atoms with E-state index in [-0.39, 0.29) is 6.61 Å². The Morgan fingerprint density at radius 1 is 1.28 bits per heavy atom. The van der Waals surface area contributed by atoms with Crippen molar-refractivity contribution in [3.05, 3.63) is 30.0 Å². The smallest absolute Gasteiger partial charge is 0.134 e. The molecule has 1 aromatic heterocycles. The third-order valence-corrected chi connectivity index (χ3v) is 3.06. The van der Waals surface area contributed by atoms with Crippen molar-refractivity contribution in [3.8, 4) is 0 Å². The number of nitrogens with two attached hydrogens (primary N) is 1. The van der Waals surface area contributed by atoms with Gasteiger partial charge in [-0.3, -0.25) is 0 Å². The number of aryl methyl sites for hydroxylation is 1. The molecule has 0 radical (unpaired) electrons. The minimum Gasteiger partial charge on any atom is -0.398 e. The number of fused-ring (bicyclic) bond motifs is 1. The molecule has 0 spiro atoms. The maximum Gasteiger partial charge on any atom is 0.134 e. The van der Waals surface area contributed by atoms with E-state index in [0.717, 1.165) is 27.8 Å². The van der Waals surface area contributed by atoms with Gasteiger partial charge in [0, 0.05) is 22.7 Å². The molecule has 0 unspecified atom stereocenters. The Morgan fingerprint density at radius 2 is 2.00 bits per heavy atom. The first kappa shape index (κ1) is 12.6. The van der Waals surface area contributed by atoms with Gasteiger partial charge in [0.25, 0.3) is 0 Å². The van der Waals surface area contributed by atoms with Crippen molar-refractivity contribution in [1.82, 2.24) is 4.98 Å². The molecule has 0 saturated carbocycles. The lowest BCUT2D eigenvalue weighted by molar-refractivity contribution is 0.234. The molecule has 0 fully saturated rings.